The van der Waals surface area contributed by atoms with Crippen LogP contribution in [0.4, 0.5) is 0 Å². The van der Waals surface area contributed by atoms with Gasteiger partial charge in [-0.05, 0) is 42.0 Å². The van der Waals surface area contributed by atoms with E-state index in [1.165, 1.54) is 0 Å². The van der Waals surface area contributed by atoms with Crippen molar-refractivity contribution in [1.82, 2.24) is 5.01 Å². The largest absolute Gasteiger partial charge is 0.464 e. The lowest BCUT2D eigenvalue weighted by Crippen LogP contribution is -2.33. The van der Waals surface area contributed by atoms with Crippen LogP contribution in [0.2, 0.25) is 5.02 Å². The van der Waals surface area contributed by atoms with E-state index >= 15 is 0 Å². The number of fused-ring (bicyclic) bond motifs is 3. The van der Waals surface area contributed by atoms with Crippen molar-refractivity contribution >= 4 is 49.2 Å². The van der Waals surface area contributed by atoms with E-state index in [0.717, 1.165) is 43.5 Å². The molecule has 0 unspecified atom stereocenters. The predicted molar refractivity (Wildman–Crippen MR) is 119 cm³/mol. The van der Waals surface area contributed by atoms with Crippen LogP contribution in [0, 0.1) is 0 Å². The Labute approximate surface area is 185 Å². The predicted octanol–water partition coefficient (Wildman–Crippen LogP) is 7.11. The quantitative estimate of drug-likeness (QED) is 0.361. The molecule has 2 heterocycles. The van der Waals surface area contributed by atoms with Gasteiger partial charge in [-0.25, -0.2) is 5.01 Å². The summed E-state index contributed by atoms with van der Waals surface area (Å²) in [6, 6.07) is 22.3. The zero-order valence-electron chi connectivity index (χ0n) is 14.6. The third-order valence-electron chi connectivity index (χ3n) is 5.10. The highest BCUT2D eigenvalue weighted by Gasteiger charge is 2.41. The van der Waals surface area contributed by atoms with Crippen LogP contribution >= 0.6 is 43.5 Å². The summed E-state index contributed by atoms with van der Waals surface area (Å²) in [4.78, 5) is 0. The number of halogens is 3. The number of rotatable bonds is 2. The van der Waals surface area contributed by atoms with E-state index in [1.807, 2.05) is 53.5 Å². The van der Waals surface area contributed by atoms with E-state index in [2.05, 4.69) is 50.1 Å². The lowest BCUT2D eigenvalue weighted by molar-refractivity contribution is -0.0190. The Kier molecular flexibility index (Phi) is 4.69. The molecule has 3 aromatic rings. The first-order valence-electron chi connectivity index (χ1n) is 8.92. The van der Waals surface area contributed by atoms with Crippen LogP contribution < -0.4 is 4.74 Å². The summed E-state index contributed by atoms with van der Waals surface area (Å²) in [5, 5.41) is 7.70. The zero-order valence-corrected chi connectivity index (χ0v) is 18.6. The Hall–Kier alpha value is -1.82. The van der Waals surface area contributed by atoms with E-state index in [4.69, 9.17) is 21.4 Å². The minimum absolute atomic E-state index is 0.0983. The molecule has 28 heavy (non-hydrogen) atoms. The van der Waals surface area contributed by atoms with Crippen molar-refractivity contribution in [1.29, 1.82) is 0 Å². The maximum Gasteiger partial charge on any atom is 0.215 e. The first-order chi connectivity index (χ1) is 13.6. The summed E-state index contributed by atoms with van der Waals surface area (Å²) >= 11 is 13.6. The SMILES string of the molecule is Clc1ccccc1[C@H]1Oc2ccc(Br)cc2[C@H]2CC(c3ccc(Br)cc3)=NN21. The van der Waals surface area contributed by atoms with Crippen molar-refractivity contribution in [3.05, 3.63) is 97.4 Å². The summed E-state index contributed by atoms with van der Waals surface area (Å²) in [6.45, 7) is 0. The molecule has 2 aliphatic heterocycles. The second kappa shape index (κ2) is 7.21. The number of ether oxygens (including phenoxy) is 1. The van der Waals surface area contributed by atoms with Gasteiger partial charge in [-0.15, -0.1) is 0 Å². The fourth-order valence-electron chi connectivity index (χ4n) is 3.76. The smallest absolute Gasteiger partial charge is 0.215 e. The Bertz CT molecular complexity index is 1080. The number of hydrogen-bond donors (Lipinski definition) is 0. The Morgan fingerprint density at radius 3 is 2.46 bits per heavy atom. The lowest BCUT2D eigenvalue weighted by atomic mass is 9.96. The molecule has 3 nitrogen and oxygen atoms in total. The van der Waals surface area contributed by atoms with Crippen molar-refractivity contribution in [2.75, 3.05) is 0 Å². The molecular weight excluding hydrogens is 504 g/mol. The first kappa shape index (κ1) is 18.2. The van der Waals surface area contributed by atoms with Gasteiger partial charge in [-0.2, -0.15) is 5.10 Å². The molecule has 140 valence electrons. The molecule has 0 saturated carbocycles. The summed E-state index contributed by atoms with van der Waals surface area (Å²) in [5.41, 5.74) is 4.22. The molecule has 0 amide bonds. The van der Waals surface area contributed by atoms with Gasteiger partial charge in [0, 0.05) is 31.5 Å². The normalized spacial score (nSPS) is 20.2. The van der Waals surface area contributed by atoms with E-state index in [0.29, 0.717) is 5.02 Å². The van der Waals surface area contributed by atoms with Gasteiger partial charge < -0.3 is 4.74 Å². The average molecular weight is 519 g/mol. The Morgan fingerprint density at radius 2 is 1.68 bits per heavy atom. The first-order valence-corrected chi connectivity index (χ1v) is 10.9. The highest BCUT2D eigenvalue weighted by Crippen LogP contribution is 2.49. The molecule has 3 aromatic carbocycles. The molecule has 0 radical (unpaired) electrons. The fraction of sp³-hybridized carbons (Fsp3) is 0.136. The molecule has 0 saturated heterocycles. The highest BCUT2D eigenvalue weighted by molar-refractivity contribution is 9.10. The summed E-state index contributed by atoms with van der Waals surface area (Å²) in [7, 11) is 0. The summed E-state index contributed by atoms with van der Waals surface area (Å²) in [5.74, 6) is 0.877. The number of nitrogens with zero attached hydrogens (tertiary/aromatic N) is 2. The molecule has 2 atom stereocenters. The third kappa shape index (κ3) is 3.15. The van der Waals surface area contributed by atoms with Gasteiger partial charge in [0.25, 0.3) is 0 Å². The average Bonchev–Trinajstić information content (AvgIpc) is 3.14. The molecule has 5 rings (SSSR count). The Balaban J connectivity index is 1.62. The van der Waals surface area contributed by atoms with E-state index in [9.17, 15) is 0 Å². The van der Waals surface area contributed by atoms with Crippen LogP contribution in [0.3, 0.4) is 0 Å². The fourth-order valence-corrected chi connectivity index (χ4v) is 4.63. The van der Waals surface area contributed by atoms with E-state index < -0.39 is 0 Å². The standard InChI is InChI=1S/C22H15Br2ClN2O/c23-14-7-5-13(6-8-14)19-12-20-17-11-15(24)9-10-21(17)28-22(27(20)26-19)16-3-1-2-4-18(16)25/h1-11,20,22H,12H2/t20-,22-/m1/s1. The van der Waals surface area contributed by atoms with Crippen LogP contribution in [0.15, 0.2) is 80.8 Å². The summed E-state index contributed by atoms with van der Waals surface area (Å²) in [6.07, 6.45) is 0.454. The minimum atomic E-state index is -0.361. The monoisotopic (exact) mass is 516 g/mol. The summed E-state index contributed by atoms with van der Waals surface area (Å²) < 4.78 is 8.46. The topological polar surface area (TPSA) is 24.8 Å². The van der Waals surface area contributed by atoms with Gasteiger partial charge in [0.2, 0.25) is 6.23 Å². The van der Waals surface area contributed by atoms with Crippen LogP contribution in [-0.2, 0) is 0 Å². The Morgan fingerprint density at radius 1 is 0.929 bits per heavy atom. The van der Waals surface area contributed by atoms with Crippen LogP contribution in [0.5, 0.6) is 5.75 Å². The molecule has 0 aromatic heterocycles. The second-order valence-corrected chi connectivity index (χ2v) is 9.07. The highest BCUT2D eigenvalue weighted by atomic mass is 79.9. The number of hydrogen-bond acceptors (Lipinski definition) is 3. The molecule has 0 fully saturated rings. The van der Waals surface area contributed by atoms with Gasteiger partial charge >= 0.3 is 0 Å². The van der Waals surface area contributed by atoms with Crippen LogP contribution in [-0.4, -0.2) is 10.7 Å². The van der Waals surface area contributed by atoms with E-state index in [1.54, 1.807) is 0 Å². The van der Waals surface area contributed by atoms with Crippen LogP contribution in [0.1, 0.15) is 35.4 Å². The van der Waals surface area contributed by atoms with Gasteiger partial charge in [0.15, 0.2) is 0 Å². The van der Waals surface area contributed by atoms with Crippen molar-refractivity contribution in [2.24, 2.45) is 5.10 Å². The third-order valence-corrected chi connectivity index (χ3v) is 6.47. The molecule has 0 spiro atoms. The van der Waals surface area contributed by atoms with Gasteiger partial charge in [0.05, 0.1) is 11.8 Å². The van der Waals surface area contributed by atoms with E-state index in [-0.39, 0.29) is 12.3 Å². The second-order valence-electron chi connectivity index (χ2n) is 6.83. The number of hydrazone groups is 1. The molecule has 0 bridgehead atoms. The van der Waals surface area contributed by atoms with Crippen LogP contribution in [0.25, 0.3) is 0 Å². The number of benzene rings is 3. The molecule has 2 aliphatic rings. The molecule has 0 aliphatic carbocycles. The maximum atomic E-state index is 6.50. The van der Waals surface area contributed by atoms with Gasteiger partial charge in [-0.1, -0.05) is 73.8 Å². The molecular formula is C22H15Br2ClN2O. The van der Waals surface area contributed by atoms with Crippen molar-refractivity contribution < 1.29 is 4.74 Å². The molecule has 6 heteroatoms. The zero-order chi connectivity index (χ0) is 19.3. The van der Waals surface area contributed by atoms with Crippen molar-refractivity contribution in [3.63, 3.8) is 0 Å². The van der Waals surface area contributed by atoms with Crippen molar-refractivity contribution in [2.45, 2.75) is 18.7 Å². The maximum absolute atomic E-state index is 6.50. The van der Waals surface area contributed by atoms with Crippen molar-refractivity contribution in [3.8, 4) is 5.75 Å². The lowest BCUT2D eigenvalue weighted by Gasteiger charge is -2.38. The van der Waals surface area contributed by atoms with Gasteiger partial charge in [0.1, 0.15) is 5.75 Å². The molecule has 0 N–H and O–H groups in total. The van der Waals surface area contributed by atoms with Gasteiger partial charge in [-0.3, -0.25) is 0 Å². The minimum Gasteiger partial charge on any atom is -0.464 e.